The monoisotopic (exact) mass is 374 g/mol. The zero-order valence-electron chi connectivity index (χ0n) is 17.9. The van der Waals surface area contributed by atoms with E-state index in [2.05, 4.69) is 41.7 Å². The van der Waals surface area contributed by atoms with Gasteiger partial charge in [0.2, 0.25) is 0 Å². The molecule has 6 heteroatoms. The van der Waals surface area contributed by atoms with Gasteiger partial charge in [-0.2, -0.15) is 0 Å². The van der Waals surface area contributed by atoms with E-state index in [0.717, 1.165) is 36.6 Å². The summed E-state index contributed by atoms with van der Waals surface area (Å²) in [6, 6.07) is 0. The number of carbonyl (C=O) groups is 1. The molecule has 0 spiro atoms. The van der Waals surface area contributed by atoms with Gasteiger partial charge in [-0.05, 0) is 52.5 Å². The number of ether oxygens (including phenoxy) is 1. The maximum Gasteiger partial charge on any atom is 0.410 e. The Morgan fingerprint density at radius 3 is 2.41 bits per heavy atom. The van der Waals surface area contributed by atoms with Gasteiger partial charge in [0.25, 0.3) is 0 Å². The van der Waals surface area contributed by atoms with Crippen molar-refractivity contribution in [3.05, 3.63) is 23.7 Å². The summed E-state index contributed by atoms with van der Waals surface area (Å²) >= 11 is 0. The Morgan fingerprint density at radius 2 is 1.89 bits per heavy atom. The zero-order chi connectivity index (χ0) is 20.2. The molecule has 27 heavy (non-hydrogen) atoms. The third-order valence-corrected chi connectivity index (χ3v) is 4.99. The van der Waals surface area contributed by atoms with Crippen molar-refractivity contribution in [2.24, 2.45) is 5.92 Å². The number of carbonyl (C=O) groups excluding carboxylic acids is 1. The highest BCUT2D eigenvalue weighted by atomic mass is 16.6. The normalized spacial score (nSPS) is 17.1. The zero-order valence-corrected chi connectivity index (χ0v) is 17.9. The molecule has 1 aromatic heterocycles. The maximum atomic E-state index is 12.3. The molecule has 0 saturated carbocycles. The van der Waals surface area contributed by atoms with Gasteiger partial charge in [-0.25, -0.2) is 14.8 Å². The highest BCUT2D eigenvalue weighted by molar-refractivity contribution is 5.77. The number of hydrogen-bond donors (Lipinski definition) is 0. The van der Waals surface area contributed by atoms with Crippen LogP contribution >= 0.6 is 0 Å². The van der Waals surface area contributed by atoms with E-state index in [1.807, 2.05) is 27.7 Å². The first-order chi connectivity index (χ1) is 12.7. The minimum atomic E-state index is -0.470. The molecule has 1 aliphatic rings. The molecule has 0 radical (unpaired) electrons. The Morgan fingerprint density at radius 1 is 1.26 bits per heavy atom. The van der Waals surface area contributed by atoms with Crippen LogP contribution in [-0.4, -0.2) is 52.7 Å². The number of aromatic nitrogens is 2. The molecule has 2 heterocycles. The lowest BCUT2D eigenvalue weighted by Gasteiger charge is -2.37. The van der Waals surface area contributed by atoms with Crippen LogP contribution in [-0.2, 0) is 4.74 Å². The van der Waals surface area contributed by atoms with E-state index in [-0.39, 0.29) is 6.09 Å². The fraction of sp³-hybridized carbons (Fsp3) is 0.667. The third kappa shape index (κ3) is 5.21. The maximum absolute atomic E-state index is 12.3. The van der Waals surface area contributed by atoms with Crippen molar-refractivity contribution < 1.29 is 9.53 Å². The Hall–Kier alpha value is -2.11. The van der Waals surface area contributed by atoms with Crippen LogP contribution in [0, 0.1) is 12.8 Å². The third-order valence-electron chi connectivity index (χ3n) is 4.99. The van der Waals surface area contributed by atoms with Crippen molar-refractivity contribution in [2.45, 2.75) is 60.5 Å². The molecule has 0 aliphatic carbocycles. The number of allylic oxidation sites excluding steroid dienone is 2. The van der Waals surface area contributed by atoms with Gasteiger partial charge in [-0.15, -0.1) is 0 Å². The summed E-state index contributed by atoms with van der Waals surface area (Å²) in [5.41, 5.74) is 2.96. The fourth-order valence-corrected chi connectivity index (χ4v) is 3.36. The van der Waals surface area contributed by atoms with Crippen molar-refractivity contribution in [3.63, 3.8) is 0 Å². The quantitative estimate of drug-likeness (QED) is 0.787. The summed E-state index contributed by atoms with van der Waals surface area (Å²) in [7, 11) is 0. The van der Waals surface area contributed by atoms with Crippen LogP contribution in [0.3, 0.4) is 0 Å². The van der Waals surface area contributed by atoms with Crippen LogP contribution in [0.1, 0.15) is 59.2 Å². The van der Waals surface area contributed by atoms with Crippen LogP contribution in [0.2, 0.25) is 0 Å². The lowest BCUT2D eigenvalue weighted by molar-refractivity contribution is 0.0240. The lowest BCUT2D eigenvalue weighted by atomic mass is 9.90. The molecular weight excluding hydrogens is 340 g/mol. The van der Waals surface area contributed by atoms with Crippen LogP contribution in [0.5, 0.6) is 0 Å². The van der Waals surface area contributed by atoms with E-state index in [4.69, 9.17) is 4.74 Å². The summed E-state index contributed by atoms with van der Waals surface area (Å²) in [4.78, 5) is 25.4. The first kappa shape index (κ1) is 21.2. The Labute approximate surface area is 163 Å². The fourth-order valence-electron chi connectivity index (χ4n) is 3.36. The first-order valence-electron chi connectivity index (χ1n) is 9.89. The van der Waals surface area contributed by atoms with Gasteiger partial charge in [0.1, 0.15) is 17.7 Å². The minimum absolute atomic E-state index is 0.241. The van der Waals surface area contributed by atoms with Crippen LogP contribution in [0.25, 0.3) is 5.57 Å². The molecule has 1 fully saturated rings. The summed E-state index contributed by atoms with van der Waals surface area (Å²) in [5.74, 6) is 1.42. The second-order valence-electron chi connectivity index (χ2n) is 8.17. The Kier molecular flexibility index (Phi) is 6.84. The van der Waals surface area contributed by atoms with E-state index in [1.54, 1.807) is 11.2 Å². The summed E-state index contributed by atoms with van der Waals surface area (Å²) in [6.07, 6.45) is 4.65. The van der Waals surface area contributed by atoms with Crippen LogP contribution in [0.15, 0.2) is 12.4 Å². The molecule has 1 saturated heterocycles. The van der Waals surface area contributed by atoms with Crippen LogP contribution in [0.4, 0.5) is 10.6 Å². The number of piperazine rings is 1. The summed E-state index contributed by atoms with van der Waals surface area (Å²) < 4.78 is 5.50. The Balaban J connectivity index is 2.19. The van der Waals surface area contributed by atoms with Crippen molar-refractivity contribution in [2.75, 3.05) is 31.1 Å². The van der Waals surface area contributed by atoms with Gasteiger partial charge in [-0.1, -0.05) is 19.9 Å². The number of amides is 1. The van der Waals surface area contributed by atoms with Crippen LogP contribution < -0.4 is 4.90 Å². The van der Waals surface area contributed by atoms with Gasteiger partial charge in [0.15, 0.2) is 0 Å². The SMILES string of the molecule is C/C=C(\c1c(C)ncnc1N1CCN(C(=O)OC(C)(C)C)CC1)C(C)CC. The average molecular weight is 375 g/mol. The summed E-state index contributed by atoms with van der Waals surface area (Å²) in [6.45, 7) is 17.0. The second kappa shape index (κ2) is 8.72. The predicted octanol–water partition coefficient (Wildman–Crippen LogP) is 4.29. The average Bonchev–Trinajstić information content (AvgIpc) is 2.62. The van der Waals surface area contributed by atoms with E-state index in [0.29, 0.717) is 19.0 Å². The van der Waals surface area contributed by atoms with E-state index in [9.17, 15) is 4.79 Å². The second-order valence-corrected chi connectivity index (χ2v) is 8.17. The highest BCUT2D eigenvalue weighted by Crippen LogP contribution is 2.34. The number of anilines is 1. The van der Waals surface area contributed by atoms with Gasteiger partial charge in [0.05, 0.1) is 5.69 Å². The van der Waals surface area contributed by atoms with Crippen molar-refractivity contribution in [3.8, 4) is 0 Å². The first-order valence-corrected chi connectivity index (χ1v) is 9.89. The van der Waals surface area contributed by atoms with Gasteiger partial charge in [-0.3, -0.25) is 0 Å². The highest BCUT2D eigenvalue weighted by Gasteiger charge is 2.28. The van der Waals surface area contributed by atoms with Crippen molar-refractivity contribution >= 4 is 17.5 Å². The molecule has 2 rings (SSSR count). The molecule has 1 unspecified atom stereocenters. The number of rotatable bonds is 4. The molecule has 150 valence electrons. The standard InChI is InChI=1S/C21H34N4O2/c1-8-15(3)17(9-2)18-16(4)22-14-23-19(18)24-10-12-25(13-11-24)20(26)27-21(5,6)7/h9,14-15H,8,10-13H2,1-7H3/b17-9-. The van der Waals surface area contributed by atoms with Gasteiger partial charge < -0.3 is 14.5 Å². The molecule has 0 N–H and O–H groups in total. The number of aryl methyl sites for hydroxylation is 1. The van der Waals surface area contributed by atoms with E-state index < -0.39 is 5.60 Å². The summed E-state index contributed by atoms with van der Waals surface area (Å²) in [5, 5.41) is 0. The molecule has 1 amide bonds. The van der Waals surface area contributed by atoms with Crippen molar-refractivity contribution in [1.29, 1.82) is 0 Å². The predicted molar refractivity (Wildman–Crippen MR) is 110 cm³/mol. The molecule has 0 bridgehead atoms. The lowest BCUT2D eigenvalue weighted by Crippen LogP contribution is -2.50. The molecule has 6 nitrogen and oxygen atoms in total. The molecular formula is C21H34N4O2. The van der Waals surface area contributed by atoms with Gasteiger partial charge in [0, 0.05) is 31.7 Å². The smallest absolute Gasteiger partial charge is 0.410 e. The van der Waals surface area contributed by atoms with Gasteiger partial charge >= 0.3 is 6.09 Å². The number of nitrogens with zero attached hydrogens (tertiary/aromatic N) is 4. The molecule has 0 aromatic carbocycles. The van der Waals surface area contributed by atoms with E-state index >= 15 is 0 Å². The Bertz CT molecular complexity index is 686. The van der Waals surface area contributed by atoms with E-state index in [1.165, 1.54) is 5.57 Å². The largest absolute Gasteiger partial charge is 0.444 e. The molecule has 1 atom stereocenters. The number of hydrogen-bond acceptors (Lipinski definition) is 5. The molecule has 1 aromatic rings. The topological polar surface area (TPSA) is 58.6 Å². The molecule has 1 aliphatic heterocycles. The van der Waals surface area contributed by atoms with Crippen molar-refractivity contribution in [1.82, 2.24) is 14.9 Å². The minimum Gasteiger partial charge on any atom is -0.444 e.